The first-order valence-corrected chi connectivity index (χ1v) is 17.4. The highest BCUT2D eigenvalue weighted by atomic mass is 28.3. The molecule has 0 bridgehead atoms. The number of carbonyl (C=O) groups excluding carboxylic acids is 2. The van der Waals surface area contributed by atoms with Gasteiger partial charge in [-0.05, 0) is 50.0 Å². The topological polar surface area (TPSA) is 83.0 Å². The molecule has 1 aliphatic carbocycles. The van der Waals surface area contributed by atoms with Gasteiger partial charge < -0.3 is 20.3 Å². The van der Waals surface area contributed by atoms with Crippen LogP contribution in [-0.2, 0) is 4.79 Å². The first-order chi connectivity index (χ1) is 18.5. The zero-order chi connectivity index (χ0) is 27.8. The van der Waals surface area contributed by atoms with Crippen molar-refractivity contribution in [3.63, 3.8) is 0 Å². The summed E-state index contributed by atoms with van der Waals surface area (Å²) in [6, 6.07) is 19.0. The third-order valence-electron chi connectivity index (χ3n) is 8.99. The van der Waals surface area contributed by atoms with Crippen molar-refractivity contribution in [2.75, 3.05) is 19.7 Å². The van der Waals surface area contributed by atoms with Gasteiger partial charge in [0.1, 0.15) is 18.2 Å². The Bertz CT molecular complexity index is 1290. The van der Waals surface area contributed by atoms with Gasteiger partial charge in [-0.1, -0.05) is 74.6 Å². The zero-order valence-corrected chi connectivity index (χ0v) is 24.7. The summed E-state index contributed by atoms with van der Waals surface area (Å²) in [6.07, 6.45) is 3.02. The summed E-state index contributed by atoms with van der Waals surface area (Å²) < 4.78 is 6.04. The average molecular weight is 545 g/mol. The standard InChI is InChI=1S/C31H40N4O3Si/c1-30(2)25-19-32-27(34-28(36)31(17-12-18-31)39(3,4)5)24(25)20-35(30)29(37)33-26(22-13-8-6-9-14-22)21-38-23-15-10-7-11-16-23/h6-11,13-16,26H,12,17-21H2,1-5H3,(H,33,37)(H,32,34,36). The maximum atomic E-state index is 13.8. The minimum atomic E-state index is -1.71. The molecule has 2 aromatic rings. The number of amides is 3. The van der Waals surface area contributed by atoms with Gasteiger partial charge in [-0.25, -0.2) is 4.79 Å². The summed E-state index contributed by atoms with van der Waals surface area (Å²) in [6.45, 7) is 12.2. The van der Waals surface area contributed by atoms with E-state index in [2.05, 4.69) is 44.1 Å². The van der Waals surface area contributed by atoms with E-state index in [4.69, 9.17) is 9.73 Å². The summed E-state index contributed by atoms with van der Waals surface area (Å²) >= 11 is 0. The van der Waals surface area contributed by atoms with Crippen molar-refractivity contribution in [2.24, 2.45) is 4.99 Å². The molecule has 1 atom stereocenters. The predicted octanol–water partition coefficient (Wildman–Crippen LogP) is 5.70. The van der Waals surface area contributed by atoms with E-state index in [1.807, 2.05) is 65.6 Å². The number of nitrogens with one attached hydrogen (secondary N) is 2. The number of nitrogens with zero attached hydrogens (tertiary/aromatic N) is 2. The Balaban J connectivity index is 1.30. The van der Waals surface area contributed by atoms with Crippen molar-refractivity contribution in [3.05, 3.63) is 77.4 Å². The van der Waals surface area contributed by atoms with Gasteiger partial charge in [0, 0.05) is 10.6 Å². The van der Waals surface area contributed by atoms with Crippen LogP contribution in [0, 0.1) is 0 Å². The van der Waals surface area contributed by atoms with E-state index in [1.54, 1.807) is 0 Å². The van der Waals surface area contributed by atoms with Gasteiger partial charge in [0.05, 0.1) is 32.7 Å². The van der Waals surface area contributed by atoms with E-state index in [0.29, 0.717) is 25.5 Å². The Morgan fingerprint density at radius 3 is 2.26 bits per heavy atom. The number of hydrogen-bond acceptors (Lipinski definition) is 4. The van der Waals surface area contributed by atoms with Crippen molar-refractivity contribution >= 4 is 25.8 Å². The lowest BCUT2D eigenvalue weighted by molar-refractivity contribution is -0.125. The normalized spacial score (nSPS) is 20.0. The number of carbonyl (C=O) groups is 2. The van der Waals surface area contributed by atoms with Crippen molar-refractivity contribution < 1.29 is 14.3 Å². The maximum Gasteiger partial charge on any atom is 0.319 e. The van der Waals surface area contributed by atoms with E-state index in [-0.39, 0.29) is 23.0 Å². The fraction of sp³-hybridized carbons (Fsp3) is 0.452. The Morgan fingerprint density at radius 2 is 1.67 bits per heavy atom. The molecule has 0 spiro atoms. The maximum absolute atomic E-state index is 13.8. The van der Waals surface area contributed by atoms with Crippen LogP contribution >= 0.6 is 0 Å². The van der Waals surface area contributed by atoms with Crippen molar-refractivity contribution in [2.45, 2.75) is 69.4 Å². The molecule has 1 fully saturated rings. The Labute approximate surface area is 232 Å². The van der Waals surface area contributed by atoms with Crippen molar-refractivity contribution in [1.29, 1.82) is 0 Å². The first kappa shape index (κ1) is 27.2. The van der Waals surface area contributed by atoms with Gasteiger partial charge in [-0.15, -0.1) is 0 Å². The highest BCUT2D eigenvalue weighted by molar-refractivity contribution is 6.82. The van der Waals surface area contributed by atoms with Crippen LogP contribution in [-0.4, -0.2) is 56.0 Å². The van der Waals surface area contributed by atoms with Crippen LogP contribution in [0.15, 0.2) is 76.8 Å². The monoisotopic (exact) mass is 544 g/mol. The minimum Gasteiger partial charge on any atom is -0.491 e. The summed E-state index contributed by atoms with van der Waals surface area (Å²) in [4.78, 5) is 33.9. The van der Waals surface area contributed by atoms with Crippen molar-refractivity contribution in [1.82, 2.24) is 15.5 Å². The van der Waals surface area contributed by atoms with E-state index < -0.39 is 13.6 Å². The van der Waals surface area contributed by atoms with E-state index >= 15 is 0 Å². The fourth-order valence-corrected chi connectivity index (χ4v) is 8.69. The number of amidine groups is 1. The summed E-state index contributed by atoms with van der Waals surface area (Å²) in [7, 11) is -1.71. The van der Waals surface area contributed by atoms with Gasteiger partial charge in [-0.3, -0.25) is 9.79 Å². The number of para-hydroxylation sites is 1. The number of ether oxygens (including phenoxy) is 1. The van der Waals surface area contributed by atoms with Crippen LogP contribution in [0.3, 0.4) is 0 Å². The Hall–Kier alpha value is -3.39. The second-order valence-corrected chi connectivity index (χ2v) is 17.9. The minimum absolute atomic E-state index is 0.114. The molecule has 3 amide bonds. The molecule has 1 saturated carbocycles. The quantitative estimate of drug-likeness (QED) is 0.439. The summed E-state index contributed by atoms with van der Waals surface area (Å²) in [5, 5.41) is 6.20. The number of benzene rings is 2. The average Bonchev–Trinajstić information content (AvgIpc) is 3.38. The van der Waals surface area contributed by atoms with Gasteiger partial charge in [-0.2, -0.15) is 0 Å². The molecule has 3 aliphatic rings. The van der Waals surface area contributed by atoms with Gasteiger partial charge in [0.2, 0.25) is 5.91 Å². The molecule has 206 valence electrons. The second kappa shape index (κ2) is 10.3. The first-order valence-electron chi connectivity index (χ1n) is 13.9. The number of rotatable bonds is 7. The molecular weight excluding hydrogens is 504 g/mol. The van der Waals surface area contributed by atoms with Crippen LogP contribution in [0.5, 0.6) is 5.75 Å². The Morgan fingerprint density at radius 1 is 1.03 bits per heavy atom. The van der Waals surface area contributed by atoms with E-state index in [1.165, 1.54) is 0 Å². The summed E-state index contributed by atoms with van der Waals surface area (Å²) in [5.41, 5.74) is 2.53. The van der Waals surface area contributed by atoms with Gasteiger partial charge in [0.25, 0.3) is 0 Å². The second-order valence-electron chi connectivity index (χ2n) is 12.4. The van der Waals surface area contributed by atoms with Gasteiger partial charge in [0.15, 0.2) is 0 Å². The fourth-order valence-electron chi connectivity index (χ4n) is 6.09. The van der Waals surface area contributed by atoms with E-state index in [0.717, 1.165) is 41.7 Å². The molecule has 7 nitrogen and oxygen atoms in total. The highest BCUT2D eigenvalue weighted by Crippen LogP contribution is 2.55. The van der Waals surface area contributed by atoms with Crippen LogP contribution in [0.1, 0.15) is 44.7 Å². The molecular formula is C31H40N4O3Si. The lowest BCUT2D eigenvalue weighted by Crippen LogP contribution is -2.55. The molecule has 2 aliphatic heterocycles. The number of hydrogen-bond donors (Lipinski definition) is 2. The third-order valence-corrected chi connectivity index (χ3v) is 12.6. The largest absolute Gasteiger partial charge is 0.491 e. The lowest BCUT2D eigenvalue weighted by atomic mass is 9.83. The smallest absolute Gasteiger partial charge is 0.319 e. The summed E-state index contributed by atoms with van der Waals surface area (Å²) in [5.74, 6) is 1.52. The molecule has 5 rings (SSSR count). The molecule has 2 heterocycles. The molecule has 2 aromatic carbocycles. The molecule has 0 aromatic heterocycles. The molecule has 2 N–H and O–H groups in total. The molecule has 39 heavy (non-hydrogen) atoms. The third kappa shape index (κ3) is 5.02. The number of aliphatic imine (C=N–C) groups is 1. The Kier molecular flexibility index (Phi) is 7.18. The van der Waals surface area contributed by atoms with Crippen LogP contribution < -0.4 is 15.4 Å². The molecule has 0 saturated heterocycles. The molecule has 1 unspecified atom stereocenters. The number of urea groups is 1. The lowest BCUT2D eigenvalue weighted by Gasteiger charge is -2.49. The molecule has 0 radical (unpaired) electrons. The van der Waals surface area contributed by atoms with E-state index in [9.17, 15) is 9.59 Å². The van der Waals surface area contributed by atoms with Crippen molar-refractivity contribution in [3.8, 4) is 5.75 Å². The van der Waals surface area contributed by atoms with Crippen LogP contribution in [0.2, 0.25) is 24.7 Å². The highest BCUT2D eigenvalue weighted by Gasteiger charge is 2.54. The SMILES string of the molecule is CC1(C)C2=C(CN1C(=O)NC(COc1ccccc1)c1ccccc1)C(NC(=O)C1([Si](C)(C)C)CCC1)=NC2. The molecule has 8 heteroatoms. The van der Waals surface area contributed by atoms with Crippen LogP contribution in [0.4, 0.5) is 4.79 Å². The zero-order valence-electron chi connectivity index (χ0n) is 23.7. The predicted molar refractivity (Wildman–Crippen MR) is 158 cm³/mol. The van der Waals surface area contributed by atoms with Crippen LogP contribution in [0.25, 0.3) is 0 Å². The van der Waals surface area contributed by atoms with Gasteiger partial charge >= 0.3 is 6.03 Å².